The Balaban J connectivity index is 1.45. The largest absolute Gasteiger partial charge is 0.355 e. The molecule has 0 atom stereocenters. The van der Waals surface area contributed by atoms with Crippen LogP contribution in [0.4, 0.5) is 5.82 Å². The predicted octanol–water partition coefficient (Wildman–Crippen LogP) is 3.90. The standard InChI is InChI=1S/C18H18ClN5/c19-15-4-2-1-3-14(15)16-5-6-17(23-22-16)24-11-7-13(8-12-24)18-20-9-10-21-18/h1-6,9-10,13H,7-8,11-12H2,(H,20,21). The summed E-state index contributed by atoms with van der Waals surface area (Å²) in [4.78, 5) is 9.88. The van der Waals surface area contributed by atoms with Gasteiger partial charge in [0.15, 0.2) is 5.82 Å². The number of aromatic amines is 1. The molecule has 1 aliphatic rings. The minimum Gasteiger partial charge on any atom is -0.355 e. The molecule has 0 spiro atoms. The first-order valence-electron chi connectivity index (χ1n) is 8.14. The van der Waals surface area contributed by atoms with Crippen LogP contribution in [0.25, 0.3) is 11.3 Å². The third-order valence-electron chi connectivity index (χ3n) is 4.53. The fourth-order valence-corrected chi connectivity index (χ4v) is 3.42. The molecule has 0 aliphatic carbocycles. The maximum absolute atomic E-state index is 6.23. The number of rotatable bonds is 3. The Labute approximate surface area is 145 Å². The smallest absolute Gasteiger partial charge is 0.151 e. The second-order valence-electron chi connectivity index (χ2n) is 5.99. The normalized spacial score (nSPS) is 15.6. The van der Waals surface area contributed by atoms with Gasteiger partial charge in [0.2, 0.25) is 0 Å². The van der Waals surface area contributed by atoms with Crippen LogP contribution in [-0.2, 0) is 0 Å². The first kappa shape index (κ1) is 15.1. The van der Waals surface area contributed by atoms with E-state index in [0.717, 1.165) is 48.8 Å². The summed E-state index contributed by atoms with van der Waals surface area (Å²) < 4.78 is 0. The van der Waals surface area contributed by atoms with Crippen molar-refractivity contribution in [2.75, 3.05) is 18.0 Å². The fraction of sp³-hybridized carbons (Fsp3) is 0.278. The van der Waals surface area contributed by atoms with E-state index in [1.54, 1.807) is 0 Å². The lowest BCUT2D eigenvalue weighted by Crippen LogP contribution is -2.33. The van der Waals surface area contributed by atoms with E-state index >= 15 is 0 Å². The van der Waals surface area contributed by atoms with Crippen molar-refractivity contribution in [3.8, 4) is 11.3 Å². The molecular formula is C18H18ClN5. The lowest BCUT2D eigenvalue weighted by molar-refractivity contribution is 0.485. The number of imidazole rings is 1. The topological polar surface area (TPSA) is 57.7 Å². The van der Waals surface area contributed by atoms with E-state index < -0.39 is 0 Å². The van der Waals surface area contributed by atoms with Gasteiger partial charge in [0.1, 0.15) is 5.82 Å². The van der Waals surface area contributed by atoms with Gasteiger partial charge in [-0.2, -0.15) is 0 Å². The summed E-state index contributed by atoms with van der Waals surface area (Å²) in [5.74, 6) is 2.52. The molecule has 0 bridgehead atoms. The minimum absolute atomic E-state index is 0.506. The van der Waals surface area contributed by atoms with Crippen LogP contribution in [-0.4, -0.2) is 33.3 Å². The van der Waals surface area contributed by atoms with E-state index in [4.69, 9.17) is 11.6 Å². The van der Waals surface area contributed by atoms with E-state index in [9.17, 15) is 0 Å². The quantitative estimate of drug-likeness (QED) is 0.786. The number of H-pyrrole nitrogens is 1. The van der Waals surface area contributed by atoms with Gasteiger partial charge in [-0.1, -0.05) is 29.8 Å². The summed E-state index contributed by atoms with van der Waals surface area (Å²) in [6.07, 6.45) is 5.85. The molecule has 3 aromatic rings. The zero-order chi connectivity index (χ0) is 16.4. The number of hydrogen-bond acceptors (Lipinski definition) is 4. The zero-order valence-corrected chi connectivity index (χ0v) is 13.9. The molecule has 122 valence electrons. The van der Waals surface area contributed by atoms with Crippen LogP contribution >= 0.6 is 11.6 Å². The molecule has 0 amide bonds. The first-order chi connectivity index (χ1) is 11.8. The Kier molecular flexibility index (Phi) is 4.17. The highest BCUT2D eigenvalue weighted by molar-refractivity contribution is 6.33. The second kappa shape index (κ2) is 6.61. The van der Waals surface area contributed by atoms with Gasteiger partial charge in [-0.25, -0.2) is 4.98 Å². The molecule has 24 heavy (non-hydrogen) atoms. The van der Waals surface area contributed by atoms with Gasteiger partial charge < -0.3 is 9.88 Å². The molecule has 1 saturated heterocycles. The van der Waals surface area contributed by atoms with Gasteiger partial charge in [-0.15, -0.1) is 10.2 Å². The molecule has 6 heteroatoms. The average molecular weight is 340 g/mol. The zero-order valence-electron chi connectivity index (χ0n) is 13.2. The lowest BCUT2D eigenvalue weighted by Gasteiger charge is -2.31. The van der Waals surface area contributed by atoms with Crippen molar-refractivity contribution in [2.24, 2.45) is 0 Å². The van der Waals surface area contributed by atoms with E-state index in [-0.39, 0.29) is 0 Å². The first-order valence-corrected chi connectivity index (χ1v) is 8.52. The van der Waals surface area contributed by atoms with Gasteiger partial charge in [0.05, 0.1) is 10.7 Å². The van der Waals surface area contributed by atoms with E-state index in [1.165, 1.54) is 0 Å². The van der Waals surface area contributed by atoms with Crippen LogP contribution in [0.5, 0.6) is 0 Å². The molecule has 3 heterocycles. The third kappa shape index (κ3) is 2.99. The molecule has 2 aromatic heterocycles. The van der Waals surface area contributed by atoms with Crippen molar-refractivity contribution in [1.29, 1.82) is 0 Å². The summed E-state index contributed by atoms with van der Waals surface area (Å²) in [6, 6.07) is 11.7. The Morgan fingerprint density at radius 2 is 1.88 bits per heavy atom. The summed E-state index contributed by atoms with van der Waals surface area (Å²) in [5, 5.41) is 9.45. The van der Waals surface area contributed by atoms with Crippen molar-refractivity contribution in [3.63, 3.8) is 0 Å². The summed E-state index contributed by atoms with van der Waals surface area (Å²) in [5.41, 5.74) is 1.71. The molecule has 1 fully saturated rings. The number of nitrogens with zero attached hydrogens (tertiary/aromatic N) is 4. The highest BCUT2D eigenvalue weighted by Crippen LogP contribution is 2.29. The van der Waals surface area contributed by atoms with Gasteiger partial charge in [0, 0.05) is 37.0 Å². The Morgan fingerprint density at radius 1 is 1.04 bits per heavy atom. The SMILES string of the molecule is Clc1ccccc1-c1ccc(N2CCC(c3ncc[nH]3)CC2)nn1. The van der Waals surface area contributed by atoms with Crippen LogP contribution in [0.2, 0.25) is 5.02 Å². The number of piperidine rings is 1. The average Bonchev–Trinajstić information content (AvgIpc) is 3.17. The van der Waals surface area contributed by atoms with Crippen LogP contribution < -0.4 is 4.90 Å². The molecular weight excluding hydrogens is 322 g/mol. The molecule has 0 unspecified atom stereocenters. The lowest BCUT2D eigenvalue weighted by atomic mass is 9.96. The third-order valence-corrected chi connectivity index (χ3v) is 4.85. The summed E-state index contributed by atoms with van der Waals surface area (Å²) >= 11 is 6.23. The van der Waals surface area contributed by atoms with Crippen LogP contribution in [0, 0.1) is 0 Å². The monoisotopic (exact) mass is 339 g/mol. The number of halogens is 1. The summed E-state index contributed by atoms with van der Waals surface area (Å²) in [7, 11) is 0. The van der Waals surface area contributed by atoms with Crippen molar-refractivity contribution in [3.05, 3.63) is 59.6 Å². The van der Waals surface area contributed by atoms with Gasteiger partial charge in [-0.05, 0) is 31.0 Å². The molecule has 0 radical (unpaired) electrons. The van der Waals surface area contributed by atoms with Gasteiger partial charge >= 0.3 is 0 Å². The van der Waals surface area contributed by atoms with Gasteiger partial charge in [0.25, 0.3) is 0 Å². The molecule has 0 saturated carbocycles. The Hall–Kier alpha value is -2.40. The maximum Gasteiger partial charge on any atom is 0.151 e. The predicted molar refractivity (Wildman–Crippen MR) is 95.3 cm³/mol. The highest BCUT2D eigenvalue weighted by Gasteiger charge is 2.23. The van der Waals surface area contributed by atoms with E-state index in [0.29, 0.717) is 10.9 Å². The van der Waals surface area contributed by atoms with E-state index in [1.807, 2.05) is 48.8 Å². The van der Waals surface area contributed by atoms with Crippen LogP contribution in [0.3, 0.4) is 0 Å². The highest BCUT2D eigenvalue weighted by atomic mass is 35.5. The maximum atomic E-state index is 6.23. The molecule has 4 rings (SSSR count). The van der Waals surface area contributed by atoms with Crippen molar-refractivity contribution in [2.45, 2.75) is 18.8 Å². The second-order valence-corrected chi connectivity index (χ2v) is 6.40. The van der Waals surface area contributed by atoms with Crippen molar-refractivity contribution >= 4 is 17.4 Å². The molecule has 1 N–H and O–H groups in total. The molecule has 1 aliphatic heterocycles. The molecule has 5 nitrogen and oxygen atoms in total. The van der Waals surface area contributed by atoms with Crippen molar-refractivity contribution in [1.82, 2.24) is 20.2 Å². The number of benzene rings is 1. The van der Waals surface area contributed by atoms with Crippen LogP contribution in [0.15, 0.2) is 48.8 Å². The van der Waals surface area contributed by atoms with Gasteiger partial charge in [-0.3, -0.25) is 0 Å². The number of aromatic nitrogens is 4. The van der Waals surface area contributed by atoms with E-state index in [2.05, 4.69) is 25.1 Å². The Morgan fingerprint density at radius 3 is 2.54 bits per heavy atom. The Bertz CT molecular complexity index is 793. The number of nitrogens with one attached hydrogen (secondary N) is 1. The minimum atomic E-state index is 0.506. The van der Waals surface area contributed by atoms with Crippen molar-refractivity contribution < 1.29 is 0 Å². The fourth-order valence-electron chi connectivity index (χ4n) is 3.19. The number of anilines is 1. The summed E-state index contributed by atoms with van der Waals surface area (Å²) in [6.45, 7) is 1.93. The number of hydrogen-bond donors (Lipinski definition) is 1. The molecule has 1 aromatic carbocycles. The van der Waals surface area contributed by atoms with Crippen LogP contribution in [0.1, 0.15) is 24.6 Å².